The fourth-order valence-corrected chi connectivity index (χ4v) is 4.01. The minimum Gasteiger partial charge on any atom is -0.494 e. The largest absolute Gasteiger partial charge is 0.494 e. The summed E-state index contributed by atoms with van der Waals surface area (Å²) in [6, 6.07) is 20.7. The van der Waals surface area contributed by atoms with Crippen LogP contribution in [0.15, 0.2) is 83.9 Å². The number of hydrogen-bond donors (Lipinski definition) is 0. The van der Waals surface area contributed by atoms with Gasteiger partial charge < -0.3 is 14.2 Å². The zero-order chi connectivity index (χ0) is 23.9. The van der Waals surface area contributed by atoms with E-state index in [1.165, 1.54) is 0 Å². The first-order valence-corrected chi connectivity index (χ1v) is 11.5. The molecule has 4 aromatic rings. The Bertz CT molecular complexity index is 1330. The van der Waals surface area contributed by atoms with Gasteiger partial charge in [-0.25, -0.2) is 0 Å². The Balaban J connectivity index is 1.40. The summed E-state index contributed by atoms with van der Waals surface area (Å²) >= 11 is 0. The van der Waals surface area contributed by atoms with E-state index in [2.05, 4.69) is 4.98 Å². The predicted molar refractivity (Wildman–Crippen MR) is 134 cm³/mol. The number of ether oxygens (including phenoxy) is 1. The highest BCUT2D eigenvalue weighted by Gasteiger charge is 2.17. The number of hydrogen-bond acceptors (Lipinski definition) is 4. The molecule has 0 aliphatic carbocycles. The third-order valence-corrected chi connectivity index (χ3v) is 5.99. The third kappa shape index (κ3) is 5.52. The normalized spacial score (nSPS) is 10.9. The second-order valence-corrected chi connectivity index (χ2v) is 8.37. The number of amides is 1. The molecule has 6 nitrogen and oxygen atoms in total. The van der Waals surface area contributed by atoms with Crippen LogP contribution in [-0.2, 0) is 13.5 Å². The molecule has 0 bridgehead atoms. The standard InChI is InChI=1S/C28H29N3O3/c1-21-7-3-4-9-25(21)28(33)31(17-14-22-8-5-15-29-20-22)16-6-18-34-24-11-12-26-23(19-24)10-13-27(32)30(26)2/h3-5,7-13,15,19-20H,6,14,16-18H2,1-2H3. The van der Waals surface area contributed by atoms with Crippen LogP contribution < -0.4 is 10.3 Å². The molecule has 0 unspecified atom stereocenters. The lowest BCUT2D eigenvalue weighted by Crippen LogP contribution is -2.35. The highest BCUT2D eigenvalue weighted by Crippen LogP contribution is 2.19. The SMILES string of the molecule is Cc1ccccc1C(=O)N(CCCOc1ccc2c(ccc(=O)n2C)c1)CCc1cccnc1. The first-order valence-electron chi connectivity index (χ1n) is 11.5. The second kappa shape index (κ2) is 10.8. The number of rotatable bonds is 9. The smallest absolute Gasteiger partial charge is 0.254 e. The molecule has 0 saturated heterocycles. The quantitative estimate of drug-likeness (QED) is 0.351. The van der Waals surface area contributed by atoms with Gasteiger partial charge in [0.15, 0.2) is 0 Å². The molecule has 2 aromatic carbocycles. The van der Waals surface area contributed by atoms with Gasteiger partial charge in [0.2, 0.25) is 0 Å². The highest BCUT2D eigenvalue weighted by atomic mass is 16.5. The molecule has 6 heteroatoms. The number of aromatic nitrogens is 2. The third-order valence-electron chi connectivity index (χ3n) is 5.99. The second-order valence-electron chi connectivity index (χ2n) is 8.37. The fraction of sp³-hybridized carbons (Fsp3) is 0.250. The number of benzene rings is 2. The van der Waals surface area contributed by atoms with Gasteiger partial charge in [-0.3, -0.25) is 14.6 Å². The lowest BCUT2D eigenvalue weighted by molar-refractivity contribution is 0.0748. The Kier molecular flexibility index (Phi) is 7.38. The van der Waals surface area contributed by atoms with Crippen molar-refractivity contribution >= 4 is 16.8 Å². The molecular formula is C28H29N3O3. The Morgan fingerprint density at radius 3 is 2.68 bits per heavy atom. The summed E-state index contributed by atoms with van der Waals surface area (Å²) in [5, 5.41) is 0.951. The van der Waals surface area contributed by atoms with E-state index in [0.717, 1.165) is 39.8 Å². The molecule has 0 aliphatic rings. The topological polar surface area (TPSA) is 64.4 Å². The highest BCUT2D eigenvalue weighted by molar-refractivity contribution is 5.95. The van der Waals surface area contributed by atoms with Crippen LogP contribution in [0.1, 0.15) is 27.9 Å². The first-order chi connectivity index (χ1) is 16.5. The molecule has 174 valence electrons. The van der Waals surface area contributed by atoms with E-state index in [1.54, 1.807) is 23.9 Å². The van der Waals surface area contributed by atoms with Crippen molar-refractivity contribution in [1.29, 1.82) is 0 Å². The molecule has 1 amide bonds. The van der Waals surface area contributed by atoms with Crippen molar-refractivity contribution in [3.8, 4) is 5.75 Å². The van der Waals surface area contributed by atoms with Crippen LogP contribution >= 0.6 is 0 Å². The summed E-state index contributed by atoms with van der Waals surface area (Å²) in [4.78, 5) is 31.2. The van der Waals surface area contributed by atoms with Crippen molar-refractivity contribution in [3.05, 3.63) is 106 Å². The van der Waals surface area contributed by atoms with Crippen molar-refractivity contribution in [1.82, 2.24) is 14.5 Å². The molecule has 4 rings (SSSR count). The van der Waals surface area contributed by atoms with Crippen molar-refractivity contribution in [2.45, 2.75) is 19.8 Å². The van der Waals surface area contributed by atoms with E-state index >= 15 is 0 Å². The van der Waals surface area contributed by atoms with Crippen molar-refractivity contribution < 1.29 is 9.53 Å². The molecule has 0 aliphatic heterocycles. The molecule has 34 heavy (non-hydrogen) atoms. The molecular weight excluding hydrogens is 426 g/mol. The Hall–Kier alpha value is -3.93. The molecule has 0 fully saturated rings. The molecule has 0 atom stereocenters. The Morgan fingerprint density at radius 1 is 1.03 bits per heavy atom. The summed E-state index contributed by atoms with van der Waals surface area (Å²) < 4.78 is 7.59. The van der Waals surface area contributed by atoms with Gasteiger partial charge in [0, 0.05) is 49.5 Å². The number of carbonyl (C=O) groups excluding carboxylic acids is 1. The van der Waals surface area contributed by atoms with Gasteiger partial charge in [-0.15, -0.1) is 0 Å². The Morgan fingerprint density at radius 2 is 1.88 bits per heavy atom. The van der Waals surface area contributed by atoms with Crippen LogP contribution in [0.3, 0.4) is 0 Å². The summed E-state index contributed by atoms with van der Waals surface area (Å²) in [6.45, 7) is 3.66. The molecule has 0 radical (unpaired) electrons. The van der Waals surface area contributed by atoms with Gasteiger partial charge in [-0.05, 0) is 67.3 Å². The first kappa shape index (κ1) is 23.2. The predicted octanol–water partition coefficient (Wildman–Crippen LogP) is 4.40. The summed E-state index contributed by atoms with van der Waals surface area (Å²) in [7, 11) is 1.76. The average molecular weight is 456 g/mol. The van der Waals surface area contributed by atoms with E-state index in [9.17, 15) is 9.59 Å². The lowest BCUT2D eigenvalue weighted by Gasteiger charge is -2.24. The maximum Gasteiger partial charge on any atom is 0.254 e. The van der Waals surface area contributed by atoms with E-state index in [1.807, 2.05) is 78.7 Å². The van der Waals surface area contributed by atoms with E-state index in [4.69, 9.17) is 4.74 Å². The Labute approximate surface area is 199 Å². The van der Waals surface area contributed by atoms with Gasteiger partial charge in [0.1, 0.15) is 5.75 Å². The van der Waals surface area contributed by atoms with E-state index in [0.29, 0.717) is 26.1 Å². The van der Waals surface area contributed by atoms with Crippen LogP contribution in [0.25, 0.3) is 10.9 Å². The van der Waals surface area contributed by atoms with Crippen molar-refractivity contribution in [2.24, 2.45) is 7.05 Å². The number of nitrogens with zero attached hydrogens (tertiary/aromatic N) is 3. The molecule has 0 saturated carbocycles. The van der Waals surface area contributed by atoms with Gasteiger partial charge in [0.25, 0.3) is 11.5 Å². The lowest BCUT2D eigenvalue weighted by atomic mass is 10.1. The van der Waals surface area contributed by atoms with E-state index in [-0.39, 0.29) is 11.5 Å². The molecule has 0 spiro atoms. The van der Waals surface area contributed by atoms with Crippen LogP contribution in [0, 0.1) is 6.92 Å². The minimum absolute atomic E-state index is 0.0358. The number of pyridine rings is 2. The summed E-state index contributed by atoms with van der Waals surface area (Å²) in [5.41, 5.74) is 3.64. The maximum atomic E-state index is 13.3. The summed E-state index contributed by atoms with van der Waals surface area (Å²) in [5.74, 6) is 0.784. The van der Waals surface area contributed by atoms with Crippen LogP contribution in [-0.4, -0.2) is 40.1 Å². The van der Waals surface area contributed by atoms with Gasteiger partial charge in [0.05, 0.1) is 12.1 Å². The number of carbonyl (C=O) groups is 1. The zero-order valence-corrected chi connectivity index (χ0v) is 19.6. The van der Waals surface area contributed by atoms with Crippen LogP contribution in [0.4, 0.5) is 0 Å². The van der Waals surface area contributed by atoms with Crippen molar-refractivity contribution in [2.75, 3.05) is 19.7 Å². The average Bonchev–Trinajstić information content (AvgIpc) is 2.86. The monoisotopic (exact) mass is 455 g/mol. The van der Waals surface area contributed by atoms with Crippen molar-refractivity contribution in [3.63, 3.8) is 0 Å². The van der Waals surface area contributed by atoms with Gasteiger partial charge in [-0.1, -0.05) is 24.3 Å². The molecule has 2 aromatic heterocycles. The number of fused-ring (bicyclic) bond motifs is 1. The number of aryl methyl sites for hydroxylation is 2. The molecule has 0 N–H and O–H groups in total. The maximum absolute atomic E-state index is 13.3. The minimum atomic E-state index is -0.0362. The summed E-state index contributed by atoms with van der Waals surface area (Å²) in [6.07, 6.45) is 5.05. The van der Waals surface area contributed by atoms with Crippen LogP contribution in [0.2, 0.25) is 0 Å². The van der Waals surface area contributed by atoms with Crippen LogP contribution in [0.5, 0.6) is 5.75 Å². The molecule has 2 heterocycles. The van der Waals surface area contributed by atoms with Gasteiger partial charge in [-0.2, -0.15) is 0 Å². The van der Waals surface area contributed by atoms with Gasteiger partial charge >= 0.3 is 0 Å². The fourth-order valence-electron chi connectivity index (χ4n) is 4.01. The van der Waals surface area contributed by atoms with E-state index < -0.39 is 0 Å². The zero-order valence-electron chi connectivity index (χ0n) is 19.6.